The maximum absolute atomic E-state index is 4.58. The molecular formula is C17H21BrN2. The Kier molecular flexibility index (Phi) is 4.25. The Morgan fingerprint density at radius 2 is 1.95 bits per heavy atom. The van der Waals surface area contributed by atoms with Gasteiger partial charge in [0, 0.05) is 27.5 Å². The van der Waals surface area contributed by atoms with Gasteiger partial charge in [0.25, 0.3) is 0 Å². The number of hydrogen-bond acceptors (Lipinski definition) is 2. The van der Waals surface area contributed by atoms with Crippen LogP contribution in [-0.2, 0) is 0 Å². The van der Waals surface area contributed by atoms with Gasteiger partial charge in [0.2, 0.25) is 0 Å². The van der Waals surface area contributed by atoms with Gasteiger partial charge in [-0.2, -0.15) is 0 Å². The second-order valence-electron chi connectivity index (χ2n) is 5.86. The molecule has 2 unspecified atom stereocenters. The summed E-state index contributed by atoms with van der Waals surface area (Å²) in [4.78, 5) is 4.58. The Morgan fingerprint density at radius 1 is 1.10 bits per heavy atom. The number of aromatic nitrogens is 1. The molecule has 2 atom stereocenters. The quantitative estimate of drug-likeness (QED) is 0.747. The van der Waals surface area contributed by atoms with E-state index in [1.54, 1.807) is 0 Å². The summed E-state index contributed by atoms with van der Waals surface area (Å²) in [6, 6.07) is 8.93. The summed E-state index contributed by atoms with van der Waals surface area (Å²) >= 11 is 3.63. The number of nitrogens with zero attached hydrogens (tertiary/aromatic N) is 1. The second kappa shape index (κ2) is 6.13. The Morgan fingerprint density at radius 3 is 2.85 bits per heavy atom. The van der Waals surface area contributed by atoms with E-state index in [-0.39, 0.29) is 0 Å². The lowest BCUT2D eigenvalue weighted by Crippen LogP contribution is -2.26. The average Bonchev–Trinajstić information content (AvgIpc) is 2.65. The first-order chi connectivity index (χ1) is 9.75. The molecule has 1 heterocycles. The smallest absolute Gasteiger partial charge is 0.134 e. The Bertz CT molecular complexity index is 597. The molecule has 106 valence electrons. The number of fused-ring (bicyclic) bond motifs is 1. The number of benzene rings is 1. The predicted molar refractivity (Wildman–Crippen MR) is 89.1 cm³/mol. The minimum absolute atomic E-state index is 0.551. The molecule has 1 aliphatic rings. The number of rotatable bonds is 2. The normalized spacial score (nSPS) is 23.5. The van der Waals surface area contributed by atoms with Crippen LogP contribution in [0.1, 0.15) is 39.0 Å². The van der Waals surface area contributed by atoms with Crippen LogP contribution in [0, 0.1) is 5.92 Å². The van der Waals surface area contributed by atoms with Gasteiger partial charge in [-0.15, -0.1) is 0 Å². The molecule has 0 radical (unpaired) electrons. The van der Waals surface area contributed by atoms with E-state index in [0.717, 1.165) is 16.2 Å². The molecule has 2 nitrogen and oxygen atoms in total. The fourth-order valence-electron chi connectivity index (χ4n) is 3.17. The van der Waals surface area contributed by atoms with Crippen LogP contribution in [-0.4, -0.2) is 11.0 Å². The molecule has 1 aromatic heterocycles. The third kappa shape index (κ3) is 2.83. The van der Waals surface area contributed by atoms with E-state index >= 15 is 0 Å². The molecule has 1 aliphatic carbocycles. The largest absolute Gasteiger partial charge is 0.367 e. The fraction of sp³-hybridized carbons (Fsp3) is 0.471. The molecule has 1 aromatic carbocycles. The van der Waals surface area contributed by atoms with E-state index in [0.29, 0.717) is 6.04 Å². The van der Waals surface area contributed by atoms with Gasteiger partial charge in [0.05, 0.1) is 0 Å². The minimum atomic E-state index is 0.551. The number of pyridine rings is 1. The van der Waals surface area contributed by atoms with E-state index in [2.05, 4.69) is 57.4 Å². The van der Waals surface area contributed by atoms with E-state index in [4.69, 9.17) is 0 Å². The average molecular weight is 333 g/mol. The first-order valence-electron chi connectivity index (χ1n) is 7.55. The van der Waals surface area contributed by atoms with E-state index < -0.39 is 0 Å². The Hall–Kier alpha value is -1.09. The van der Waals surface area contributed by atoms with Crippen molar-refractivity contribution in [2.24, 2.45) is 5.92 Å². The summed E-state index contributed by atoms with van der Waals surface area (Å²) in [6.07, 6.45) is 8.55. The monoisotopic (exact) mass is 332 g/mol. The van der Waals surface area contributed by atoms with Crippen molar-refractivity contribution in [3.63, 3.8) is 0 Å². The summed E-state index contributed by atoms with van der Waals surface area (Å²) in [5, 5.41) is 6.14. The molecule has 0 saturated heterocycles. The highest BCUT2D eigenvalue weighted by molar-refractivity contribution is 9.10. The number of nitrogens with one attached hydrogen (secondary N) is 1. The summed E-state index contributed by atoms with van der Waals surface area (Å²) < 4.78 is 1.13. The lowest BCUT2D eigenvalue weighted by Gasteiger charge is -2.24. The first-order valence-corrected chi connectivity index (χ1v) is 8.35. The molecule has 1 saturated carbocycles. The van der Waals surface area contributed by atoms with Crippen molar-refractivity contribution < 1.29 is 0 Å². The van der Waals surface area contributed by atoms with E-state index in [1.165, 1.54) is 42.9 Å². The van der Waals surface area contributed by atoms with Crippen LogP contribution in [0.4, 0.5) is 5.82 Å². The minimum Gasteiger partial charge on any atom is -0.367 e. The van der Waals surface area contributed by atoms with Crippen molar-refractivity contribution in [2.45, 2.75) is 45.1 Å². The van der Waals surface area contributed by atoms with Crippen LogP contribution in [0.3, 0.4) is 0 Å². The lowest BCUT2D eigenvalue weighted by atomic mass is 9.97. The molecular weight excluding hydrogens is 312 g/mol. The van der Waals surface area contributed by atoms with Crippen LogP contribution < -0.4 is 5.32 Å². The molecule has 0 bridgehead atoms. The van der Waals surface area contributed by atoms with Crippen LogP contribution in [0.5, 0.6) is 0 Å². The maximum Gasteiger partial charge on any atom is 0.134 e. The molecule has 0 amide bonds. The number of halogens is 1. The summed E-state index contributed by atoms with van der Waals surface area (Å²) in [5.74, 6) is 1.75. The summed E-state index contributed by atoms with van der Waals surface area (Å²) in [6.45, 7) is 2.37. The van der Waals surface area contributed by atoms with Crippen LogP contribution >= 0.6 is 15.9 Å². The van der Waals surface area contributed by atoms with Gasteiger partial charge in [-0.3, -0.25) is 0 Å². The van der Waals surface area contributed by atoms with Crippen LogP contribution in [0.25, 0.3) is 10.8 Å². The molecule has 3 heteroatoms. The van der Waals surface area contributed by atoms with Crippen molar-refractivity contribution in [1.29, 1.82) is 0 Å². The van der Waals surface area contributed by atoms with Crippen molar-refractivity contribution in [1.82, 2.24) is 4.98 Å². The number of hydrogen-bond donors (Lipinski definition) is 1. The van der Waals surface area contributed by atoms with Crippen molar-refractivity contribution in [3.8, 4) is 0 Å². The highest BCUT2D eigenvalue weighted by Gasteiger charge is 2.20. The highest BCUT2D eigenvalue weighted by Crippen LogP contribution is 2.31. The molecule has 1 fully saturated rings. The molecule has 3 rings (SSSR count). The van der Waals surface area contributed by atoms with Gasteiger partial charge >= 0.3 is 0 Å². The molecule has 0 spiro atoms. The maximum atomic E-state index is 4.58. The molecule has 1 N–H and O–H groups in total. The fourth-order valence-corrected chi connectivity index (χ4v) is 3.67. The van der Waals surface area contributed by atoms with Gasteiger partial charge in [0.1, 0.15) is 5.82 Å². The van der Waals surface area contributed by atoms with Gasteiger partial charge in [-0.05, 0) is 30.9 Å². The third-order valence-corrected chi connectivity index (χ3v) is 5.13. The van der Waals surface area contributed by atoms with Gasteiger partial charge < -0.3 is 5.32 Å². The summed E-state index contributed by atoms with van der Waals surface area (Å²) in [7, 11) is 0. The van der Waals surface area contributed by atoms with Gasteiger partial charge in [0.15, 0.2) is 0 Å². The van der Waals surface area contributed by atoms with Crippen LogP contribution in [0.2, 0.25) is 0 Å². The SMILES string of the molecule is CC1CCCCCC1Nc1nccc2c(Br)cccc12. The molecule has 2 aromatic rings. The lowest BCUT2D eigenvalue weighted by molar-refractivity contribution is 0.456. The van der Waals surface area contributed by atoms with Crippen molar-refractivity contribution in [3.05, 3.63) is 34.9 Å². The summed E-state index contributed by atoms with van der Waals surface area (Å²) in [5.41, 5.74) is 0. The Labute approximate surface area is 129 Å². The number of anilines is 1. The zero-order valence-corrected chi connectivity index (χ0v) is 13.5. The standard InChI is InChI=1S/C17H21BrN2/c1-12-6-3-2-4-9-16(12)20-17-14-7-5-8-15(18)13(14)10-11-19-17/h5,7-8,10-12,16H,2-4,6,9H2,1H3,(H,19,20). The highest BCUT2D eigenvalue weighted by atomic mass is 79.9. The molecule has 0 aliphatic heterocycles. The first kappa shape index (κ1) is 13.9. The van der Waals surface area contributed by atoms with Gasteiger partial charge in [-0.1, -0.05) is 54.2 Å². The van der Waals surface area contributed by atoms with E-state index in [1.807, 2.05) is 6.20 Å². The third-order valence-electron chi connectivity index (χ3n) is 4.44. The Balaban J connectivity index is 1.92. The molecule has 20 heavy (non-hydrogen) atoms. The van der Waals surface area contributed by atoms with Gasteiger partial charge in [-0.25, -0.2) is 4.98 Å². The van der Waals surface area contributed by atoms with Crippen LogP contribution in [0.15, 0.2) is 34.9 Å². The zero-order valence-electron chi connectivity index (χ0n) is 11.9. The topological polar surface area (TPSA) is 24.9 Å². The van der Waals surface area contributed by atoms with E-state index in [9.17, 15) is 0 Å². The predicted octanol–water partition coefficient (Wildman–Crippen LogP) is 5.38. The zero-order chi connectivity index (χ0) is 13.9. The van der Waals surface area contributed by atoms with Crippen molar-refractivity contribution in [2.75, 3.05) is 5.32 Å². The van der Waals surface area contributed by atoms with Crippen molar-refractivity contribution >= 4 is 32.5 Å². The second-order valence-corrected chi connectivity index (χ2v) is 6.71.